The SMILES string of the molecule is Cc1ccnc(C(C)C)c1-n1c(=O)nc(N2CCN(C(=O)OC(C)(C)C)CC2C)c2cc(F)c(-c3cccc4ccn(C(=O)OC(C)(C)C)c34)nc21. The van der Waals surface area contributed by atoms with Gasteiger partial charge >= 0.3 is 17.9 Å². The third kappa shape index (κ3) is 6.96. The summed E-state index contributed by atoms with van der Waals surface area (Å²) in [6.07, 6.45) is 2.24. The van der Waals surface area contributed by atoms with Gasteiger partial charge in [-0.1, -0.05) is 32.0 Å². The molecule has 12 nitrogen and oxygen atoms in total. The zero-order chi connectivity index (χ0) is 37.9. The van der Waals surface area contributed by atoms with Crippen LogP contribution in [0.15, 0.2) is 53.6 Å². The summed E-state index contributed by atoms with van der Waals surface area (Å²) in [5.41, 5.74) is 0.807. The van der Waals surface area contributed by atoms with E-state index in [2.05, 4.69) is 9.97 Å². The molecule has 6 rings (SSSR count). The molecular weight excluding hydrogens is 665 g/mol. The van der Waals surface area contributed by atoms with Crippen molar-refractivity contribution in [3.63, 3.8) is 0 Å². The lowest BCUT2D eigenvalue weighted by molar-refractivity contribution is 0.0218. The van der Waals surface area contributed by atoms with Gasteiger partial charge in [-0.25, -0.2) is 28.3 Å². The molecule has 52 heavy (non-hydrogen) atoms. The van der Waals surface area contributed by atoms with Gasteiger partial charge in [0.25, 0.3) is 0 Å². The van der Waals surface area contributed by atoms with Crippen LogP contribution in [0.4, 0.5) is 19.8 Å². The lowest BCUT2D eigenvalue weighted by atomic mass is 10.0. The Morgan fingerprint density at radius 1 is 0.962 bits per heavy atom. The van der Waals surface area contributed by atoms with Crippen molar-refractivity contribution < 1.29 is 23.5 Å². The second kappa shape index (κ2) is 13.3. The van der Waals surface area contributed by atoms with Crippen LogP contribution in [0.5, 0.6) is 0 Å². The maximum absolute atomic E-state index is 16.7. The number of ether oxygens (including phenoxy) is 2. The number of halogens is 1. The Balaban J connectivity index is 1.59. The Kier molecular flexibility index (Phi) is 9.35. The minimum absolute atomic E-state index is 0.0534. The van der Waals surface area contributed by atoms with E-state index in [1.807, 2.05) is 65.5 Å². The Bertz CT molecular complexity index is 2260. The fourth-order valence-electron chi connectivity index (χ4n) is 6.61. The molecule has 1 unspecified atom stereocenters. The van der Waals surface area contributed by atoms with Gasteiger partial charge in [0.05, 0.1) is 22.3 Å². The van der Waals surface area contributed by atoms with E-state index in [-0.39, 0.29) is 29.1 Å². The van der Waals surface area contributed by atoms with E-state index in [0.717, 1.165) is 5.56 Å². The first-order valence-corrected chi connectivity index (χ1v) is 17.5. The molecule has 1 fully saturated rings. The van der Waals surface area contributed by atoms with Crippen LogP contribution in [-0.4, -0.2) is 78.1 Å². The Morgan fingerprint density at radius 2 is 1.65 bits per heavy atom. The van der Waals surface area contributed by atoms with Crippen molar-refractivity contribution in [1.82, 2.24) is 29.0 Å². The number of fused-ring (bicyclic) bond motifs is 2. The van der Waals surface area contributed by atoms with Crippen molar-refractivity contribution in [2.24, 2.45) is 0 Å². The number of para-hydroxylation sites is 1. The van der Waals surface area contributed by atoms with Crippen LogP contribution in [0.1, 0.15) is 79.5 Å². The maximum atomic E-state index is 16.7. The van der Waals surface area contributed by atoms with Gasteiger partial charge in [-0.15, -0.1) is 0 Å². The fourth-order valence-corrected chi connectivity index (χ4v) is 6.61. The second-order valence-electron chi connectivity index (χ2n) is 15.6. The van der Waals surface area contributed by atoms with E-state index in [4.69, 9.17) is 14.5 Å². The summed E-state index contributed by atoms with van der Waals surface area (Å²) in [5.74, 6) is -0.478. The summed E-state index contributed by atoms with van der Waals surface area (Å²) in [6.45, 7) is 19.5. The molecule has 1 aliphatic heterocycles. The van der Waals surface area contributed by atoms with Gasteiger partial charge in [0.1, 0.15) is 28.5 Å². The zero-order valence-corrected chi connectivity index (χ0v) is 31.4. The van der Waals surface area contributed by atoms with Crippen LogP contribution in [0, 0.1) is 12.7 Å². The van der Waals surface area contributed by atoms with Crippen LogP contribution in [-0.2, 0) is 9.47 Å². The number of rotatable bonds is 4. The predicted molar refractivity (Wildman–Crippen MR) is 199 cm³/mol. The molecule has 0 spiro atoms. The van der Waals surface area contributed by atoms with Gasteiger partial charge < -0.3 is 19.3 Å². The van der Waals surface area contributed by atoms with Gasteiger partial charge in [0.2, 0.25) is 0 Å². The summed E-state index contributed by atoms with van der Waals surface area (Å²) < 4.78 is 30.8. The minimum atomic E-state index is -0.764. The Morgan fingerprint density at radius 3 is 2.31 bits per heavy atom. The molecule has 0 N–H and O–H groups in total. The predicted octanol–water partition coefficient (Wildman–Crippen LogP) is 7.60. The standard InChI is InChI=1S/C39H46FN7O5/c1-22(2)29-31(23(3)14-16-41-29)47-34-27(33(43-35(47)48)45-19-18-44(21-24(45)4)36(49)51-38(5,6)7)20-28(40)30(42-34)26-13-11-12-25-15-17-46(32(25)26)37(50)52-39(8,9)10/h11-17,20,22,24H,18-19,21H2,1-10H3. The number of carbonyl (C=O) groups is 2. The minimum Gasteiger partial charge on any atom is -0.444 e. The third-order valence-electron chi connectivity index (χ3n) is 8.83. The summed E-state index contributed by atoms with van der Waals surface area (Å²) in [5, 5.41) is 0.991. The van der Waals surface area contributed by atoms with Crippen LogP contribution >= 0.6 is 0 Å². The highest BCUT2D eigenvalue weighted by atomic mass is 19.1. The molecule has 0 aliphatic carbocycles. The van der Waals surface area contributed by atoms with Crippen molar-refractivity contribution in [2.45, 2.75) is 92.4 Å². The second-order valence-corrected chi connectivity index (χ2v) is 15.6. The number of hydrogen-bond donors (Lipinski definition) is 0. The highest BCUT2D eigenvalue weighted by molar-refractivity contribution is 6.00. The smallest absolute Gasteiger partial charge is 0.419 e. The molecule has 5 aromatic rings. The molecule has 274 valence electrons. The van der Waals surface area contributed by atoms with Gasteiger partial charge in [0.15, 0.2) is 5.65 Å². The number of aryl methyl sites for hydroxylation is 1. The molecule has 1 aliphatic rings. The first kappa shape index (κ1) is 36.5. The quantitative estimate of drug-likeness (QED) is 0.185. The number of nitrogens with zero attached hydrogens (tertiary/aromatic N) is 7. The molecule has 5 heterocycles. The molecule has 4 aromatic heterocycles. The van der Waals surface area contributed by atoms with Crippen LogP contribution in [0.25, 0.3) is 38.9 Å². The molecule has 1 amide bonds. The summed E-state index contributed by atoms with van der Waals surface area (Å²) in [7, 11) is 0. The maximum Gasteiger partial charge on any atom is 0.419 e. The summed E-state index contributed by atoms with van der Waals surface area (Å²) in [6, 6.07) is 9.90. The van der Waals surface area contributed by atoms with Crippen molar-refractivity contribution in [3.8, 4) is 16.9 Å². The molecule has 1 aromatic carbocycles. The Labute approximate surface area is 302 Å². The largest absolute Gasteiger partial charge is 0.444 e. The lowest BCUT2D eigenvalue weighted by Crippen LogP contribution is -2.55. The summed E-state index contributed by atoms with van der Waals surface area (Å²) >= 11 is 0. The molecule has 0 radical (unpaired) electrons. The Hall–Kier alpha value is -5.33. The molecule has 0 saturated carbocycles. The first-order valence-electron chi connectivity index (χ1n) is 17.5. The average Bonchev–Trinajstić information content (AvgIpc) is 3.48. The molecular formula is C39H46FN7O5. The molecule has 0 bridgehead atoms. The van der Waals surface area contributed by atoms with Gasteiger partial charge in [-0.3, -0.25) is 9.55 Å². The molecule has 1 atom stereocenters. The van der Waals surface area contributed by atoms with Crippen molar-refractivity contribution in [2.75, 3.05) is 24.5 Å². The van der Waals surface area contributed by atoms with E-state index < -0.39 is 34.9 Å². The normalized spacial score (nSPS) is 15.5. The number of anilines is 1. The van der Waals surface area contributed by atoms with Gasteiger partial charge in [-0.05, 0) is 85.1 Å². The van der Waals surface area contributed by atoms with Crippen LogP contribution in [0.3, 0.4) is 0 Å². The number of piperazine rings is 1. The fraction of sp³-hybridized carbons (Fsp3) is 0.436. The number of benzene rings is 1. The van der Waals surface area contributed by atoms with E-state index in [1.54, 1.807) is 56.3 Å². The van der Waals surface area contributed by atoms with Crippen molar-refractivity contribution in [1.29, 1.82) is 0 Å². The lowest BCUT2D eigenvalue weighted by Gasteiger charge is -2.41. The molecule has 13 heteroatoms. The van der Waals surface area contributed by atoms with Gasteiger partial charge in [-0.2, -0.15) is 4.98 Å². The third-order valence-corrected chi connectivity index (χ3v) is 8.83. The van der Waals surface area contributed by atoms with Gasteiger partial charge in [0, 0.05) is 49.0 Å². The summed E-state index contributed by atoms with van der Waals surface area (Å²) in [4.78, 5) is 58.3. The van der Waals surface area contributed by atoms with Crippen molar-refractivity contribution >= 4 is 39.9 Å². The number of amides is 1. The average molecular weight is 712 g/mol. The monoisotopic (exact) mass is 711 g/mol. The van der Waals surface area contributed by atoms with Crippen LogP contribution < -0.4 is 10.6 Å². The topological polar surface area (TPSA) is 125 Å². The highest BCUT2D eigenvalue weighted by Crippen LogP contribution is 2.36. The van der Waals surface area contributed by atoms with Crippen molar-refractivity contribution in [3.05, 3.63) is 76.4 Å². The highest BCUT2D eigenvalue weighted by Gasteiger charge is 2.33. The number of pyridine rings is 2. The number of aromatic nitrogens is 5. The first-order chi connectivity index (χ1) is 24.3. The van der Waals surface area contributed by atoms with E-state index >= 15 is 4.39 Å². The number of carbonyl (C=O) groups excluding carboxylic acids is 2. The number of hydrogen-bond acceptors (Lipinski definition) is 9. The van der Waals surface area contributed by atoms with E-state index in [9.17, 15) is 14.4 Å². The molecule has 1 saturated heterocycles. The zero-order valence-electron chi connectivity index (χ0n) is 31.4. The van der Waals surface area contributed by atoms with Crippen LogP contribution in [0.2, 0.25) is 0 Å². The van der Waals surface area contributed by atoms with E-state index in [0.29, 0.717) is 52.9 Å². The van der Waals surface area contributed by atoms with E-state index in [1.165, 1.54) is 15.2 Å².